The molecule has 1 heterocycles. The molecule has 2 rings (SSSR count). The van der Waals surface area contributed by atoms with Gasteiger partial charge in [0.25, 0.3) is 0 Å². The van der Waals surface area contributed by atoms with Crippen molar-refractivity contribution in [3.8, 4) is 0 Å². The number of benzene rings is 1. The summed E-state index contributed by atoms with van der Waals surface area (Å²) in [6, 6.07) is 4.55. The van der Waals surface area contributed by atoms with Gasteiger partial charge in [-0.15, -0.1) is 0 Å². The van der Waals surface area contributed by atoms with Gasteiger partial charge in [0, 0.05) is 24.5 Å². The molecule has 1 aromatic carbocycles. The van der Waals surface area contributed by atoms with Crippen molar-refractivity contribution < 1.29 is 13.9 Å². The van der Waals surface area contributed by atoms with E-state index in [1.165, 1.54) is 12.1 Å². The molecule has 1 aliphatic rings. The second-order valence-electron chi connectivity index (χ2n) is 5.92. The molecule has 0 saturated carbocycles. The van der Waals surface area contributed by atoms with Crippen molar-refractivity contribution in [1.82, 2.24) is 0 Å². The molecule has 0 bridgehead atoms. The monoisotopic (exact) mass is 309 g/mol. The highest BCUT2D eigenvalue weighted by atomic mass is 19.1. The lowest BCUT2D eigenvalue weighted by Crippen LogP contribution is -2.48. The number of nitrogens with one attached hydrogen (secondary N) is 1. The number of rotatable bonds is 5. The third-order valence-corrected chi connectivity index (χ3v) is 3.80. The first-order chi connectivity index (χ1) is 10.4. The fourth-order valence-corrected chi connectivity index (χ4v) is 2.56. The van der Waals surface area contributed by atoms with E-state index in [1.807, 2.05) is 11.8 Å². The molecule has 1 aromatic rings. The molecule has 0 radical (unpaired) electrons. The third kappa shape index (κ3) is 4.18. The Morgan fingerprint density at radius 2 is 2.09 bits per heavy atom. The van der Waals surface area contributed by atoms with Gasteiger partial charge in [-0.2, -0.15) is 0 Å². The molecule has 0 spiro atoms. The lowest BCUT2D eigenvalue weighted by molar-refractivity contribution is -0.120. The average Bonchev–Trinajstić information content (AvgIpc) is 2.47. The Morgan fingerprint density at radius 3 is 2.73 bits per heavy atom. The number of anilines is 2. The number of halogens is 1. The number of amides is 1. The molecule has 6 heteroatoms. The fraction of sp³-hybridized carbons (Fsp3) is 0.562. The van der Waals surface area contributed by atoms with Crippen LogP contribution in [0.5, 0.6) is 0 Å². The summed E-state index contributed by atoms with van der Waals surface area (Å²) >= 11 is 0. The highest BCUT2D eigenvalue weighted by molar-refractivity contribution is 5.98. The Kier molecular flexibility index (Phi) is 5.37. The minimum absolute atomic E-state index is 0.298. The molecular formula is C16H24FN3O2. The first-order valence-corrected chi connectivity index (χ1v) is 7.66. The molecule has 1 unspecified atom stereocenters. The number of nitrogens with zero attached hydrogens (tertiary/aromatic N) is 1. The number of hydrogen-bond acceptors (Lipinski definition) is 4. The van der Waals surface area contributed by atoms with Crippen LogP contribution in [0, 0.1) is 5.82 Å². The van der Waals surface area contributed by atoms with Crippen LogP contribution in [0.1, 0.15) is 26.7 Å². The first kappa shape index (κ1) is 16.7. The zero-order valence-corrected chi connectivity index (χ0v) is 13.2. The molecule has 1 amide bonds. The van der Waals surface area contributed by atoms with E-state index in [9.17, 15) is 9.18 Å². The molecule has 1 atom stereocenters. The maximum atomic E-state index is 13.8. The molecule has 1 saturated heterocycles. The molecule has 1 fully saturated rings. The predicted octanol–water partition coefficient (Wildman–Crippen LogP) is 2.12. The normalized spacial score (nSPS) is 17.9. The highest BCUT2D eigenvalue weighted by Gasteiger charge is 2.27. The molecule has 3 N–H and O–H groups in total. The Hall–Kier alpha value is -1.66. The van der Waals surface area contributed by atoms with Gasteiger partial charge in [-0.25, -0.2) is 4.39 Å². The van der Waals surface area contributed by atoms with Gasteiger partial charge in [-0.3, -0.25) is 4.79 Å². The van der Waals surface area contributed by atoms with Crippen LogP contribution in [0.2, 0.25) is 0 Å². The van der Waals surface area contributed by atoms with Gasteiger partial charge >= 0.3 is 0 Å². The summed E-state index contributed by atoms with van der Waals surface area (Å²) in [5.41, 5.74) is 6.22. The summed E-state index contributed by atoms with van der Waals surface area (Å²) in [7, 11) is 0. The van der Waals surface area contributed by atoms with E-state index in [1.54, 1.807) is 13.0 Å². The van der Waals surface area contributed by atoms with Gasteiger partial charge < -0.3 is 20.7 Å². The smallest absolute Gasteiger partial charge is 0.244 e. The van der Waals surface area contributed by atoms with Crippen LogP contribution in [0.3, 0.4) is 0 Å². The van der Waals surface area contributed by atoms with E-state index in [0.29, 0.717) is 38.4 Å². The number of morpholine rings is 1. The summed E-state index contributed by atoms with van der Waals surface area (Å²) in [4.78, 5) is 14.3. The van der Waals surface area contributed by atoms with Gasteiger partial charge in [-0.05, 0) is 31.5 Å². The van der Waals surface area contributed by atoms with E-state index < -0.39 is 5.54 Å². The minimum atomic E-state index is -0.958. The van der Waals surface area contributed by atoms with E-state index in [-0.39, 0.29) is 11.7 Å². The van der Waals surface area contributed by atoms with E-state index in [4.69, 9.17) is 10.5 Å². The van der Waals surface area contributed by atoms with Gasteiger partial charge in [0.05, 0.1) is 18.8 Å². The van der Waals surface area contributed by atoms with Crippen molar-refractivity contribution >= 4 is 17.3 Å². The topological polar surface area (TPSA) is 67.6 Å². The molecule has 0 aromatic heterocycles. The van der Waals surface area contributed by atoms with Crippen molar-refractivity contribution in [2.75, 3.05) is 36.5 Å². The average molecular weight is 309 g/mol. The van der Waals surface area contributed by atoms with Crippen LogP contribution in [-0.4, -0.2) is 37.7 Å². The molecular weight excluding hydrogens is 285 g/mol. The SMILES string of the molecule is CCCC(C)(N)C(=O)Nc1cc(F)cc(N2CCOCC2)c1. The van der Waals surface area contributed by atoms with Crippen LogP contribution in [0.4, 0.5) is 15.8 Å². The van der Waals surface area contributed by atoms with Gasteiger partial charge in [0.1, 0.15) is 5.82 Å². The number of carbonyl (C=O) groups is 1. The summed E-state index contributed by atoms with van der Waals surface area (Å²) in [5.74, 6) is -0.679. The van der Waals surface area contributed by atoms with Crippen molar-refractivity contribution in [3.63, 3.8) is 0 Å². The Bertz CT molecular complexity index is 528. The maximum Gasteiger partial charge on any atom is 0.244 e. The lowest BCUT2D eigenvalue weighted by atomic mass is 9.96. The Balaban J connectivity index is 2.14. The highest BCUT2D eigenvalue weighted by Crippen LogP contribution is 2.24. The molecule has 1 aliphatic heterocycles. The summed E-state index contributed by atoms with van der Waals surface area (Å²) in [6.07, 6.45) is 1.38. The number of nitrogens with two attached hydrogens (primary N) is 1. The quantitative estimate of drug-likeness (QED) is 0.874. The Morgan fingerprint density at radius 1 is 1.41 bits per heavy atom. The number of carbonyl (C=O) groups excluding carboxylic acids is 1. The summed E-state index contributed by atoms with van der Waals surface area (Å²) in [5, 5.41) is 2.73. The van der Waals surface area contributed by atoms with Crippen LogP contribution in [-0.2, 0) is 9.53 Å². The summed E-state index contributed by atoms with van der Waals surface area (Å²) in [6.45, 7) is 6.32. The van der Waals surface area contributed by atoms with E-state index in [2.05, 4.69) is 5.32 Å². The van der Waals surface area contributed by atoms with Crippen molar-refractivity contribution in [1.29, 1.82) is 0 Å². The zero-order chi connectivity index (χ0) is 16.2. The van der Waals surface area contributed by atoms with Crippen molar-refractivity contribution in [2.45, 2.75) is 32.2 Å². The first-order valence-electron chi connectivity index (χ1n) is 7.66. The molecule has 5 nitrogen and oxygen atoms in total. The molecule has 0 aliphatic carbocycles. The van der Waals surface area contributed by atoms with Crippen LogP contribution < -0.4 is 16.0 Å². The zero-order valence-electron chi connectivity index (χ0n) is 13.2. The van der Waals surface area contributed by atoms with E-state index in [0.717, 1.165) is 12.1 Å². The van der Waals surface area contributed by atoms with Gasteiger partial charge in [-0.1, -0.05) is 13.3 Å². The number of hydrogen-bond donors (Lipinski definition) is 2. The lowest BCUT2D eigenvalue weighted by Gasteiger charge is -2.29. The van der Waals surface area contributed by atoms with Crippen LogP contribution in [0.15, 0.2) is 18.2 Å². The second kappa shape index (κ2) is 7.07. The Labute approximate surface area is 130 Å². The van der Waals surface area contributed by atoms with Crippen molar-refractivity contribution in [2.24, 2.45) is 5.73 Å². The van der Waals surface area contributed by atoms with Crippen LogP contribution >= 0.6 is 0 Å². The largest absolute Gasteiger partial charge is 0.378 e. The van der Waals surface area contributed by atoms with Crippen molar-refractivity contribution in [3.05, 3.63) is 24.0 Å². The predicted molar refractivity (Wildman–Crippen MR) is 85.6 cm³/mol. The standard InChI is InChI=1S/C16H24FN3O2/c1-3-4-16(2,18)15(21)19-13-9-12(17)10-14(11-13)20-5-7-22-8-6-20/h9-11H,3-8,18H2,1-2H3,(H,19,21). The molecule has 122 valence electrons. The second-order valence-corrected chi connectivity index (χ2v) is 5.92. The number of ether oxygens (including phenoxy) is 1. The maximum absolute atomic E-state index is 13.8. The van der Waals surface area contributed by atoms with Crippen LogP contribution in [0.25, 0.3) is 0 Å². The minimum Gasteiger partial charge on any atom is -0.378 e. The van der Waals surface area contributed by atoms with Gasteiger partial charge in [0.15, 0.2) is 0 Å². The fourth-order valence-electron chi connectivity index (χ4n) is 2.56. The summed E-state index contributed by atoms with van der Waals surface area (Å²) < 4.78 is 19.1. The van der Waals surface area contributed by atoms with E-state index >= 15 is 0 Å². The molecule has 22 heavy (non-hydrogen) atoms. The van der Waals surface area contributed by atoms with Gasteiger partial charge in [0.2, 0.25) is 5.91 Å². The third-order valence-electron chi connectivity index (χ3n) is 3.80.